The van der Waals surface area contributed by atoms with Crippen molar-refractivity contribution in [1.29, 1.82) is 0 Å². The van der Waals surface area contributed by atoms with E-state index < -0.39 is 0 Å². The number of carbonyl (C=O) groups excluding carboxylic acids is 1. The van der Waals surface area contributed by atoms with E-state index in [0.717, 1.165) is 26.3 Å². The molecule has 1 saturated heterocycles. The minimum absolute atomic E-state index is 0.103. The Balaban J connectivity index is 1.88. The van der Waals surface area contributed by atoms with E-state index in [1.54, 1.807) is 13.0 Å². The molecule has 0 atom stereocenters. The number of carbonyl (C=O) groups is 1. The number of rotatable bonds is 4. The van der Waals surface area contributed by atoms with Crippen LogP contribution in [0.4, 0.5) is 0 Å². The van der Waals surface area contributed by atoms with Crippen molar-refractivity contribution in [2.75, 3.05) is 32.8 Å². The summed E-state index contributed by atoms with van der Waals surface area (Å²) in [6.45, 7) is 9.87. The number of hydrogen-bond donors (Lipinski definition) is 1. The van der Waals surface area contributed by atoms with Gasteiger partial charge in [-0.3, -0.25) is 9.69 Å². The van der Waals surface area contributed by atoms with Gasteiger partial charge in [0.2, 0.25) is 5.76 Å². The van der Waals surface area contributed by atoms with Crippen LogP contribution in [0.1, 0.15) is 30.1 Å². The van der Waals surface area contributed by atoms with Gasteiger partial charge in [0.05, 0.1) is 18.9 Å². The molecule has 0 spiro atoms. The second-order valence-electron chi connectivity index (χ2n) is 5.43. The SMILES string of the molecule is Cc1cc(C(=O)NCC(C)(C)N2CCOCC2)on1. The quantitative estimate of drug-likeness (QED) is 0.875. The Morgan fingerprint density at radius 2 is 2.16 bits per heavy atom. The summed E-state index contributed by atoms with van der Waals surface area (Å²) in [6, 6.07) is 1.64. The molecule has 19 heavy (non-hydrogen) atoms. The first-order chi connectivity index (χ1) is 8.99. The Kier molecular flexibility index (Phi) is 4.21. The molecule has 0 saturated carbocycles. The van der Waals surface area contributed by atoms with Crippen LogP contribution in [0.15, 0.2) is 10.6 Å². The van der Waals surface area contributed by atoms with Crippen LogP contribution in [0.2, 0.25) is 0 Å². The third-order valence-electron chi connectivity index (χ3n) is 3.40. The zero-order chi connectivity index (χ0) is 13.9. The summed E-state index contributed by atoms with van der Waals surface area (Å²) in [5, 5.41) is 6.60. The van der Waals surface area contributed by atoms with Gasteiger partial charge < -0.3 is 14.6 Å². The lowest BCUT2D eigenvalue weighted by Gasteiger charge is -2.40. The Morgan fingerprint density at radius 1 is 1.47 bits per heavy atom. The van der Waals surface area contributed by atoms with Gasteiger partial charge in [-0.15, -0.1) is 0 Å². The minimum atomic E-state index is -0.220. The molecule has 0 unspecified atom stereocenters. The van der Waals surface area contributed by atoms with Gasteiger partial charge in [-0.05, 0) is 20.8 Å². The first kappa shape index (κ1) is 14.0. The van der Waals surface area contributed by atoms with Gasteiger partial charge in [-0.1, -0.05) is 5.16 Å². The third kappa shape index (κ3) is 3.54. The number of nitrogens with one attached hydrogen (secondary N) is 1. The molecule has 2 rings (SSSR count). The maximum Gasteiger partial charge on any atom is 0.289 e. The van der Waals surface area contributed by atoms with Crippen molar-refractivity contribution in [3.05, 3.63) is 17.5 Å². The van der Waals surface area contributed by atoms with Crippen LogP contribution in [0.5, 0.6) is 0 Å². The number of aryl methyl sites for hydroxylation is 1. The molecule has 1 aliphatic heterocycles. The van der Waals surface area contributed by atoms with E-state index in [2.05, 4.69) is 29.2 Å². The molecule has 1 amide bonds. The summed E-state index contributed by atoms with van der Waals surface area (Å²) >= 11 is 0. The van der Waals surface area contributed by atoms with Gasteiger partial charge in [0.15, 0.2) is 0 Å². The minimum Gasteiger partial charge on any atom is -0.379 e. The van der Waals surface area contributed by atoms with E-state index in [-0.39, 0.29) is 17.2 Å². The summed E-state index contributed by atoms with van der Waals surface area (Å²) in [6.07, 6.45) is 0. The van der Waals surface area contributed by atoms with Crippen LogP contribution in [0.3, 0.4) is 0 Å². The molecular formula is C13H21N3O3. The highest BCUT2D eigenvalue weighted by molar-refractivity contribution is 5.91. The molecule has 6 heteroatoms. The summed E-state index contributed by atoms with van der Waals surface area (Å²) in [7, 11) is 0. The van der Waals surface area contributed by atoms with Gasteiger partial charge in [0.1, 0.15) is 0 Å². The summed E-state index contributed by atoms with van der Waals surface area (Å²) < 4.78 is 10.3. The highest BCUT2D eigenvalue weighted by atomic mass is 16.5. The van der Waals surface area contributed by atoms with Crippen molar-refractivity contribution in [3.63, 3.8) is 0 Å². The average molecular weight is 267 g/mol. The summed E-state index contributed by atoms with van der Waals surface area (Å²) in [5.74, 6) is 0.0391. The van der Waals surface area contributed by atoms with E-state index >= 15 is 0 Å². The molecule has 1 fully saturated rings. The lowest BCUT2D eigenvalue weighted by molar-refractivity contribution is -0.00931. The van der Waals surface area contributed by atoms with E-state index in [1.807, 2.05) is 0 Å². The number of aromatic nitrogens is 1. The molecule has 1 aliphatic rings. The Hall–Kier alpha value is -1.40. The topological polar surface area (TPSA) is 67.6 Å². The smallest absolute Gasteiger partial charge is 0.289 e. The molecule has 1 aromatic heterocycles. The van der Waals surface area contributed by atoms with Gasteiger partial charge in [0.25, 0.3) is 5.91 Å². The zero-order valence-electron chi connectivity index (χ0n) is 11.7. The van der Waals surface area contributed by atoms with Crippen molar-refractivity contribution in [2.45, 2.75) is 26.3 Å². The fourth-order valence-corrected chi connectivity index (χ4v) is 2.13. The van der Waals surface area contributed by atoms with Crippen molar-refractivity contribution in [2.24, 2.45) is 0 Å². The Labute approximate surface area is 113 Å². The molecule has 0 bridgehead atoms. The average Bonchev–Trinajstić information content (AvgIpc) is 2.84. The first-order valence-corrected chi connectivity index (χ1v) is 6.53. The Morgan fingerprint density at radius 3 is 2.74 bits per heavy atom. The maximum atomic E-state index is 11.9. The van der Waals surface area contributed by atoms with Crippen LogP contribution >= 0.6 is 0 Å². The molecule has 6 nitrogen and oxygen atoms in total. The van der Waals surface area contributed by atoms with E-state index in [1.165, 1.54) is 0 Å². The predicted octanol–water partition coefficient (Wildman–Crippen LogP) is 0.824. The van der Waals surface area contributed by atoms with E-state index in [0.29, 0.717) is 12.2 Å². The van der Waals surface area contributed by atoms with E-state index in [4.69, 9.17) is 9.26 Å². The largest absolute Gasteiger partial charge is 0.379 e. The van der Waals surface area contributed by atoms with Gasteiger partial charge in [-0.2, -0.15) is 0 Å². The molecule has 0 aromatic carbocycles. The number of nitrogens with zero attached hydrogens (tertiary/aromatic N) is 2. The summed E-state index contributed by atoms with van der Waals surface area (Å²) in [5.41, 5.74) is 0.603. The van der Waals surface area contributed by atoms with Crippen molar-refractivity contribution < 1.29 is 14.1 Å². The maximum absolute atomic E-state index is 11.9. The van der Waals surface area contributed by atoms with Crippen molar-refractivity contribution in [1.82, 2.24) is 15.4 Å². The lowest BCUT2D eigenvalue weighted by Crippen LogP contribution is -2.55. The number of ether oxygens (including phenoxy) is 1. The number of hydrogen-bond acceptors (Lipinski definition) is 5. The molecule has 0 aliphatic carbocycles. The van der Waals surface area contributed by atoms with Crippen LogP contribution < -0.4 is 5.32 Å². The van der Waals surface area contributed by atoms with Gasteiger partial charge >= 0.3 is 0 Å². The monoisotopic (exact) mass is 267 g/mol. The third-order valence-corrected chi connectivity index (χ3v) is 3.40. The highest BCUT2D eigenvalue weighted by Gasteiger charge is 2.29. The Bertz CT molecular complexity index is 436. The van der Waals surface area contributed by atoms with Crippen LogP contribution in [0, 0.1) is 6.92 Å². The fourth-order valence-electron chi connectivity index (χ4n) is 2.13. The molecule has 106 valence electrons. The molecular weight excluding hydrogens is 246 g/mol. The van der Waals surface area contributed by atoms with Crippen molar-refractivity contribution in [3.8, 4) is 0 Å². The zero-order valence-corrected chi connectivity index (χ0v) is 11.7. The normalized spacial score (nSPS) is 17.4. The van der Waals surface area contributed by atoms with Crippen LogP contribution in [0.25, 0.3) is 0 Å². The molecule has 2 heterocycles. The second-order valence-corrected chi connectivity index (χ2v) is 5.43. The standard InChI is InChI=1S/C13H21N3O3/c1-10-8-11(19-15-10)12(17)14-9-13(2,3)16-4-6-18-7-5-16/h8H,4-7,9H2,1-3H3,(H,14,17). The fraction of sp³-hybridized carbons (Fsp3) is 0.692. The molecule has 1 aromatic rings. The van der Waals surface area contributed by atoms with Gasteiger partial charge in [0, 0.05) is 31.2 Å². The molecule has 0 radical (unpaired) electrons. The van der Waals surface area contributed by atoms with Crippen LogP contribution in [-0.4, -0.2) is 54.4 Å². The predicted molar refractivity (Wildman–Crippen MR) is 70.0 cm³/mol. The summed E-state index contributed by atoms with van der Waals surface area (Å²) in [4.78, 5) is 14.2. The van der Waals surface area contributed by atoms with E-state index in [9.17, 15) is 4.79 Å². The highest BCUT2D eigenvalue weighted by Crippen LogP contribution is 2.15. The first-order valence-electron chi connectivity index (χ1n) is 6.53. The number of amides is 1. The second kappa shape index (κ2) is 5.71. The molecule has 1 N–H and O–H groups in total. The van der Waals surface area contributed by atoms with Crippen LogP contribution in [-0.2, 0) is 4.74 Å². The number of morpholine rings is 1. The van der Waals surface area contributed by atoms with Crippen molar-refractivity contribution >= 4 is 5.91 Å². The van der Waals surface area contributed by atoms with Gasteiger partial charge in [-0.25, -0.2) is 0 Å². The lowest BCUT2D eigenvalue weighted by atomic mass is 10.0.